The van der Waals surface area contributed by atoms with Crippen LogP contribution in [0, 0.1) is 5.92 Å². The van der Waals surface area contributed by atoms with Crippen LogP contribution >= 0.6 is 0 Å². The van der Waals surface area contributed by atoms with Crippen molar-refractivity contribution >= 4 is 17.8 Å². The fourth-order valence-corrected chi connectivity index (χ4v) is 5.58. The Balaban J connectivity index is 1.67. The minimum atomic E-state index is -1.12. The minimum Gasteiger partial charge on any atom is -0.496 e. The SMILES string of the molecule is COc1cccc(OCc2ccccc2)c1-c1cc(C(=O)N[C@H](CC(=O)NCC(=O)O)CC(C)C)nn1C1CCCCC1. The molecule has 0 bridgehead atoms. The molecular weight excluding hydrogens is 548 g/mol. The zero-order valence-corrected chi connectivity index (χ0v) is 25.2. The highest BCUT2D eigenvalue weighted by Gasteiger charge is 2.28. The molecule has 3 N–H and O–H groups in total. The van der Waals surface area contributed by atoms with E-state index in [1.54, 1.807) is 13.2 Å². The summed E-state index contributed by atoms with van der Waals surface area (Å²) in [5.41, 5.74) is 2.72. The van der Waals surface area contributed by atoms with Gasteiger partial charge in [0, 0.05) is 12.5 Å². The van der Waals surface area contributed by atoms with E-state index >= 15 is 0 Å². The second kappa shape index (κ2) is 15.2. The average molecular weight is 591 g/mol. The number of carbonyl (C=O) groups excluding carboxylic acids is 2. The van der Waals surface area contributed by atoms with Gasteiger partial charge in [0.1, 0.15) is 24.7 Å². The molecule has 1 aliphatic carbocycles. The third-order valence-corrected chi connectivity index (χ3v) is 7.55. The predicted molar refractivity (Wildman–Crippen MR) is 163 cm³/mol. The first-order valence-electron chi connectivity index (χ1n) is 15.0. The Hall–Kier alpha value is -4.34. The van der Waals surface area contributed by atoms with Gasteiger partial charge >= 0.3 is 5.97 Å². The molecule has 4 rings (SSSR count). The predicted octanol–water partition coefficient (Wildman–Crippen LogP) is 5.38. The summed E-state index contributed by atoms with van der Waals surface area (Å²) in [6, 6.07) is 17.0. The van der Waals surface area contributed by atoms with Gasteiger partial charge in [0.05, 0.1) is 24.4 Å². The third kappa shape index (κ3) is 8.83. The molecule has 2 amide bonds. The number of benzene rings is 2. The molecule has 10 nitrogen and oxygen atoms in total. The molecule has 1 aliphatic rings. The van der Waals surface area contributed by atoms with Gasteiger partial charge in [-0.15, -0.1) is 0 Å². The zero-order chi connectivity index (χ0) is 30.8. The van der Waals surface area contributed by atoms with Crippen molar-refractivity contribution in [3.8, 4) is 22.8 Å². The number of ether oxygens (including phenoxy) is 2. The molecule has 1 atom stereocenters. The lowest BCUT2D eigenvalue weighted by Gasteiger charge is -2.25. The van der Waals surface area contributed by atoms with Gasteiger partial charge in [-0.1, -0.05) is 69.5 Å². The molecule has 1 fully saturated rings. The summed E-state index contributed by atoms with van der Waals surface area (Å²) in [5.74, 6) is -0.514. The van der Waals surface area contributed by atoms with E-state index < -0.39 is 30.4 Å². The van der Waals surface area contributed by atoms with Gasteiger partial charge in [0.15, 0.2) is 5.69 Å². The summed E-state index contributed by atoms with van der Waals surface area (Å²) >= 11 is 0. The van der Waals surface area contributed by atoms with Crippen molar-refractivity contribution in [1.82, 2.24) is 20.4 Å². The smallest absolute Gasteiger partial charge is 0.322 e. The van der Waals surface area contributed by atoms with Gasteiger partial charge in [-0.25, -0.2) is 0 Å². The summed E-state index contributed by atoms with van der Waals surface area (Å²) in [7, 11) is 1.61. The quantitative estimate of drug-likeness (QED) is 0.230. The maximum absolute atomic E-state index is 13.6. The minimum absolute atomic E-state index is 0.0304. The van der Waals surface area contributed by atoms with Crippen LogP contribution in [0.2, 0.25) is 0 Å². The summed E-state index contributed by atoms with van der Waals surface area (Å²) in [6.07, 6.45) is 5.74. The van der Waals surface area contributed by atoms with Crippen molar-refractivity contribution in [2.45, 2.75) is 77.5 Å². The van der Waals surface area contributed by atoms with E-state index in [-0.39, 0.29) is 24.1 Å². The Morgan fingerprint density at radius 3 is 2.42 bits per heavy atom. The molecule has 3 aromatic rings. The highest BCUT2D eigenvalue weighted by Crippen LogP contribution is 2.42. The molecule has 0 radical (unpaired) electrons. The summed E-state index contributed by atoms with van der Waals surface area (Å²) in [5, 5.41) is 19.1. The number of nitrogens with one attached hydrogen (secondary N) is 2. The van der Waals surface area contributed by atoms with Crippen molar-refractivity contribution in [3.63, 3.8) is 0 Å². The Labute approximate surface area is 252 Å². The maximum atomic E-state index is 13.6. The van der Waals surface area contributed by atoms with Gasteiger partial charge in [-0.2, -0.15) is 5.10 Å². The summed E-state index contributed by atoms with van der Waals surface area (Å²) in [4.78, 5) is 36.9. The van der Waals surface area contributed by atoms with Crippen LogP contribution < -0.4 is 20.1 Å². The number of methoxy groups -OCH3 is 1. The normalized spacial score (nSPS) is 14.2. The van der Waals surface area contributed by atoms with Crippen LogP contribution in [-0.4, -0.2) is 52.4 Å². The Kier molecular flexibility index (Phi) is 11.2. The van der Waals surface area contributed by atoms with Crippen LogP contribution in [0.15, 0.2) is 54.6 Å². The van der Waals surface area contributed by atoms with E-state index in [0.29, 0.717) is 24.5 Å². The fraction of sp³-hybridized carbons (Fsp3) is 0.455. The average Bonchev–Trinajstić information content (AvgIpc) is 3.44. The van der Waals surface area contributed by atoms with Crippen LogP contribution in [0.4, 0.5) is 0 Å². The molecule has 0 spiro atoms. The standard InChI is InChI=1S/C33H42N4O6/c1-22(2)17-24(18-30(38)34-20-31(39)40)35-33(41)26-19-27(37(36-26)25-13-8-5-9-14-25)32-28(42-3)15-10-16-29(32)43-21-23-11-6-4-7-12-23/h4,6-7,10-12,15-16,19,22,24-25H,5,8-9,13-14,17-18,20-21H2,1-3H3,(H,34,38)(H,35,41)(H,39,40)/t24-/m0/s1. The molecule has 0 aliphatic heterocycles. The molecule has 230 valence electrons. The van der Waals surface area contributed by atoms with Gasteiger partial charge in [-0.3, -0.25) is 19.1 Å². The lowest BCUT2D eigenvalue weighted by molar-refractivity contribution is -0.138. The Morgan fingerprint density at radius 1 is 1.02 bits per heavy atom. The van der Waals surface area contributed by atoms with Crippen molar-refractivity contribution in [3.05, 3.63) is 65.9 Å². The van der Waals surface area contributed by atoms with E-state index in [2.05, 4.69) is 10.6 Å². The van der Waals surface area contributed by atoms with E-state index in [9.17, 15) is 14.4 Å². The van der Waals surface area contributed by atoms with Gasteiger partial charge in [0.2, 0.25) is 5.91 Å². The molecule has 0 unspecified atom stereocenters. The molecule has 0 saturated heterocycles. The molecule has 1 aromatic heterocycles. The number of carboxylic acids is 1. The van der Waals surface area contributed by atoms with E-state index in [1.807, 2.05) is 67.1 Å². The number of rotatable bonds is 14. The lowest BCUT2D eigenvalue weighted by atomic mass is 9.95. The molecule has 2 aromatic carbocycles. The van der Waals surface area contributed by atoms with Crippen LogP contribution in [0.3, 0.4) is 0 Å². The van der Waals surface area contributed by atoms with Crippen LogP contribution in [0.5, 0.6) is 11.5 Å². The molecule has 10 heteroatoms. The Bertz CT molecular complexity index is 1380. The van der Waals surface area contributed by atoms with Crippen molar-refractivity contribution in [1.29, 1.82) is 0 Å². The van der Waals surface area contributed by atoms with E-state index in [0.717, 1.165) is 42.5 Å². The molecule has 1 heterocycles. The summed E-state index contributed by atoms with van der Waals surface area (Å²) < 4.78 is 14.0. The second-order valence-corrected chi connectivity index (χ2v) is 11.4. The third-order valence-electron chi connectivity index (χ3n) is 7.55. The van der Waals surface area contributed by atoms with E-state index in [4.69, 9.17) is 19.7 Å². The number of carbonyl (C=O) groups is 3. The van der Waals surface area contributed by atoms with Crippen LogP contribution in [0.25, 0.3) is 11.3 Å². The number of carboxylic acid groups (broad SMARTS) is 1. The van der Waals surface area contributed by atoms with Crippen LogP contribution in [-0.2, 0) is 16.2 Å². The highest BCUT2D eigenvalue weighted by atomic mass is 16.5. The molecule has 1 saturated carbocycles. The van der Waals surface area contributed by atoms with Gasteiger partial charge in [0.25, 0.3) is 5.91 Å². The number of nitrogens with zero attached hydrogens (tertiary/aromatic N) is 2. The van der Waals surface area contributed by atoms with Crippen molar-refractivity contribution in [2.75, 3.05) is 13.7 Å². The van der Waals surface area contributed by atoms with Gasteiger partial charge < -0.3 is 25.2 Å². The lowest BCUT2D eigenvalue weighted by Crippen LogP contribution is -2.41. The number of aromatic nitrogens is 2. The Morgan fingerprint density at radius 2 is 1.74 bits per heavy atom. The van der Waals surface area contributed by atoms with E-state index in [1.165, 1.54) is 6.42 Å². The molecular formula is C33H42N4O6. The van der Waals surface area contributed by atoms with Crippen molar-refractivity contribution in [2.24, 2.45) is 5.92 Å². The largest absolute Gasteiger partial charge is 0.496 e. The first-order chi connectivity index (χ1) is 20.7. The highest BCUT2D eigenvalue weighted by molar-refractivity contribution is 5.94. The summed E-state index contributed by atoms with van der Waals surface area (Å²) in [6.45, 7) is 3.91. The zero-order valence-electron chi connectivity index (χ0n) is 25.2. The maximum Gasteiger partial charge on any atom is 0.322 e. The topological polar surface area (TPSA) is 132 Å². The van der Waals surface area contributed by atoms with Crippen molar-refractivity contribution < 1.29 is 29.0 Å². The number of hydrogen-bond acceptors (Lipinski definition) is 6. The fourth-order valence-electron chi connectivity index (χ4n) is 5.58. The first kappa shape index (κ1) is 31.6. The first-order valence-corrected chi connectivity index (χ1v) is 15.0. The van der Waals surface area contributed by atoms with Gasteiger partial charge in [-0.05, 0) is 48.9 Å². The second-order valence-electron chi connectivity index (χ2n) is 11.4. The number of aliphatic carboxylic acids is 1. The number of hydrogen-bond donors (Lipinski definition) is 3. The molecule has 43 heavy (non-hydrogen) atoms. The van der Waals surface area contributed by atoms with Crippen LogP contribution in [0.1, 0.15) is 80.9 Å². The monoisotopic (exact) mass is 590 g/mol. The number of amides is 2.